The van der Waals surface area contributed by atoms with Crippen molar-refractivity contribution < 1.29 is 4.74 Å². The fraction of sp³-hybridized carbons (Fsp3) is 0.308. The van der Waals surface area contributed by atoms with Crippen molar-refractivity contribution in [3.8, 4) is 6.01 Å². The highest BCUT2D eigenvalue weighted by molar-refractivity contribution is 9.10. The molecule has 0 unspecified atom stereocenters. The van der Waals surface area contributed by atoms with E-state index in [4.69, 9.17) is 16.3 Å². The number of ether oxygens (including phenoxy) is 1. The van der Waals surface area contributed by atoms with E-state index in [9.17, 15) is 0 Å². The molecule has 0 atom stereocenters. The van der Waals surface area contributed by atoms with Crippen LogP contribution < -0.4 is 15.4 Å². The first-order chi connectivity index (χ1) is 10.1. The highest BCUT2D eigenvalue weighted by Gasteiger charge is 2.09. The summed E-state index contributed by atoms with van der Waals surface area (Å²) in [5.41, 5.74) is 0.705. The van der Waals surface area contributed by atoms with Gasteiger partial charge < -0.3 is 15.4 Å². The van der Waals surface area contributed by atoms with Crippen LogP contribution in [-0.4, -0.2) is 28.1 Å². The van der Waals surface area contributed by atoms with Crippen LogP contribution >= 0.6 is 27.5 Å². The summed E-state index contributed by atoms with van der Waals surface area (Å²) in [6.07, 6.45) is 0. The van der Waals surface area contributed by atoms with Gasteiger partial charge in [-0.2, -0.15) is 15.0 Å². The molecule has 1 aromatic carbocycles. The second kappa shape index (κ2) is 7.42. The van der Waals surface area contributed by atoms with Gasteiger partial charge in [0.1, 0.15) is 0 Å². The van der Waals surface area contributed by atoms with Gasteiger partial charge in [-0.15, -0.1) is 0 Å². The van der Waals surface area contributed by atoms with Gasteiger partial charge in [-0.05, 0) is 32.0 Å². The van der Waals surface area contributed by atoms with E-state index < -0.39 is 0 Å². The summed E-state index contributed by atoms with van der Waals surface area (Å²) in [4.78, 5) is 12.6. The molecule has 1 aromatic heterocycles. The zero-order valence-electron chi connectivity index (χ0n) is 11.7. The summed E-state index contributed by atoms with van der Waals surface area (Å²) in [5, 5.41) is 6.66. The Morgan fingerprint density at radius 2 is 1.95 bits per heavy atom. The molecule has 0 radical (unpaired) electrons. The minimum Gasteiger partial charge on any atom is -0.464 e. The maximum Gasteiger partial charge on any atom is 0.323 e. The van der Waals surface area contributed by atoms with Crippen molar-refractivity contribution in [2.24, 2.45) is 0 Å². The smallest absolute Gasteiger partial charge is 0.323 e. The maximum atomic E-state index is 6.17. The van der Waals surface area contributed by atoms with Crippen molar-refractivity contribution in [3.63, 3.8) is 0 Å². The predicted octanol–water partition coefficient (Wildman–Crippen LogP) is 3.86. The SMILES string of the molecule is CCNc1nc(Nc2ccc(Br)cc2Cl)nc(OCC)n1. The van der Waals surface area contributed by atoms with Gasteiger partial charge in [0, 0.05) is 11.0 Å². The molecule has 0 aliphatic carbocycles. The average molecular weight is 373 g/mol. The summed E-state index contributed by atoms with van der Waals surface area (Å²) < 4.78 is 6.24. The standard InChI is InChI=1S/C13H15BrClN5O/c1-3-16-11-18-12(20-13(19-11)21-4-2)17-10-6-5-8(14)7-9(10)15/h5-7H,3-4H2,1-2H3,(H2,16,17,18,19,20). The number of rotatable bonds is 6. The van der Waals surface area contributed by atoms with Crippen molar-refractivity contribution in [1.29, 1.82) is 0 Å². The molecule has 1 heterocycles. The fourth-order valence-electron chi connectivity index (χ4n) is 1.55. The zero-order valence-corrected chi connectivity index (χ0v) is 14.0. The van der Waals surface area contributed by atoms with Gasteiger partial charge in [-0.1, -0.05) is 27.5 Å². The number of nitrogens with zero attached hydrogens (tertiary/aromatic N) is 3. The first-order valence-corrected chi connectivity index (χ1v) is 7.64. The summed E-state index contributed by atoms with van der Waals surface area (Å²) in [6.45, 7) is 5.01. The molecular weight excluding hydrogens is 358 g/mol. The van der Waals surface area contributed by atoms with Crippen molar-refractivity contribution in [2.45, 2.75) is 13.8 Å². The molecule has 0 saturated carbocycles. The van der Waals surface area contributed by atoms with Gasteiger partial charge in [-0.3, -0.25) is 0 Å². The van der Waals surface area contributed by atoms with E-state index in [0.29, 0.717) is 35.8 Å². The molecule has 6 nitrogen and oxygen atoms in total. The second-order valence-electron chi connectivity index (χ2n) is 3.98. The van der Waals surface area contributed by atoms with Crippen molar-refractivity contribution in [2.75, 3.05) is 23.8 Å². The van der Waals surface area contributed by atoms with E-state index in [2.05, 4.69) is 41.5 Å². The van der Waals surface area contributed by atoms with Crippen LogP contribution in [0.15, 0.2) is 22.7 Å². The highest BCUT2D eigenvalue weighted by atomic mass is 79.9. The van der Waals surface area contributed by atoms with Gasteiger partial charge in [0.2, 0.25) is 11.9 Å². The Morgan fingerprint density at radius 3 is 2.62 bits per heavy atom. The number of nitrogens with one attached hydrogen (secondary N) is 2. The molecule has 0 saturated heterocycles. The van der Waals surface area contributed by atoms with Crippen LogP contribution in [0.2, 0.25) is 5.02 Å². The second-order valence-corrected chi connectivity index (χ2v) is 5.30. The maximum absolute atomic E-state index is 6.17. The van der Waals surface area contributed by atoms with Crippen LogP contribution in [0.1, 0.15) is 13.8 Å². The van der Waals surface area contributed by atoms with Crippen molar-refractivity contribution in [3.05, 3.63) is 27.7 Å². The Bertz CT molecular complexity index is 601. The lowest BCUT2D eigenvalue weighted by molar-refractivity contribution is 0.312. The normalized spacial score (nSPS) is 10.3. The molecule has 0 bridgehead atoms. The Labute approximate surface area is 136 Å². The van der Waals surface area contributed by atoms with Crippen LogP contribution in [0.4, 0.5) is 17.6 Å². The monoisotopic (exact) mass is 371 g/mol. The van der Waals surface area contributed by atoms with Crippen LogP contribution in [0.5, 0.6) is 6.01 Å². The van der Waals surface area contributed by atoms with E-state index in [1.165, 1.54) is 0 Å². The molecule has 8 heteroatoms. The van der Waals surface area contributed by atoms with Crippen LogP contribution in [0, 0.1) is 0 Å². The lowest BCUT2D eigenvalue weighted by Gasteiger charge is -2.10. The van der Waals surface area contributed by atoms with E-state index >= 15 is 0 Å². The molecular formula is C13H15BrClN5O. The molecule has 2 rings (SSSR count). The number of hydrogen-bond acceptors (Lipinski definition) is 6. The first-order valence-electron chi connectivity index (χ1n) is 6.47. The third kappa shape index (κ3) is 4.44. The average Bonchev–Trinajstić information content (AvgIpc) is 2.42. The third-order valence-corrected chi connectivity index (χ3v) is 3.21. The van der Waals surface area contributed by atoms with Gasteiger partial charge in [0.15, 0.2) is 0 Å². The largest absolute Gasteiger partial charge is 0.464 e. The van der Waals surface area contributed by atoms with Crippen LogP contribution in [-0.2, 0) is 0 Å². The Balaban J connectivity index is 2.29. The summed E-state index contributed by atoms with van der Waals surface area (Å²) in [6, 6.07) is 5.77. The topological polar surface area (TPSA) is 72.0 Å². The Hall–Kier alpha value is -1.60. The summed E-state index contributed by atoms with van der Waals surface area (Å²) >= 11 is 9.53. The molecule has 0 fully saturated rings. The summed E-state index contributed by atoms with van der Waals surface area (Å²) in [5.74, 6) is 0.820. The lowest BCUT2D eigenvalue weighted by atomic mass is 10.3. The van der Waals surface area contributed by atoms with E-state index in [1.807, 2.05) is 26.0 Å². The number of benzene rings is 1. The third-order valence-electron chi connectivity index (χ3n) is 2.40. The number of aromatic nitrogens is 3. The van der Waals surface area contributed by atoms with Gasteiger partial charge in [-0.25, -0.2) is 0 Å². The quantitative estimate of drug-likeness (QED) is 0.802. The Morgan fingerprint density at radius 1 is 1.19 bits per heavy atom. The van der Waals surface area contributed by atoms with E-state index in [-0.39, 0.29) is 6.01 Å². The van der Waals surface area contributed by atoms with Gasteiger partial charge >= 0.3 is 6.01 Å². The molecule has 0 spiro atoms. The molecule has 0 aliphatic rings. The predicted molar refractivity (Wildman–Crippen MR) is 87.6 cm³/mol. The minimum atomic E-state index is 0.263. The van der Waals surface area contributed by atoms with E-state index in [1.54, 1.807) is 6.07 Å². The molecule has 112 valence electrons. The summed E-state index contributed by atoms with van der Waals surface area (Å²) in [7, 11) is 0. The van der Waals surface area contributed by atoms with Crippen molar-refractivity contribution >= 4 is 45.1 Å². The van der Waals surface area contributed by atoms with Gasteiger partial charge in [0.05, 0.1) is 17.3 Å². The zero-order chi connectivity index (χ0) is 15.2. The number of halogens is 2. The molecule has 21 heavy (non-hydrogen) atoms. The number of anilines is 3. The first kappa shape index (κ1) is 15.8. The fourth-order valence-corrected chi connectivity index (χ4v) is 2.28. The van der Waals surface area contributed by atoms with Crippen LogP contribution in [0.3, 0.4) is 0 Å². The highest BCUT2D eigenvalue weighted by Crippen LogP contribution is 2.27. The number of hydrogen-bond donors (Lipinski definition) is 2. The lowest BCUT2D eigenvalue weighted by Crippen LogP contribution is -2.09. The van der Waals surface area contributed by atoms with Crippen molar-refractivity contribution in [1.82, 2.24) is 15.0 Å². The molecule has 2 N–H and O–H groups in total. The van der Waals surface area contributed by atoms with Crippen LogP contribution in [0.25, 0.3) is 0 Å². The van der Waals surface area contributed by atoms with Gasteiger partial charge in [0.25, 0.3) is 0 Å². The van der Waals surface area contributed by atoms with E-state index in [0.717, 1.165) is 4.47 Å². The molecule has 2 aromatic rings. The molecule has 0 amide bonds. The minimum absolute atomic E-state index is 0.263. The Kier molecular flexibility index (Phi) is 5.58. The molecule has 0 aliphatic heterocycles.